The Kier molecular flexibility index (Phi) is 5.42. The van der Waals surface area contributed by atoms with Gasteiger partial charge in [0.25, 0.3) is 5.91 Å². The fraction of sp³-hybridized carbons (Fsp3) is 0.105. The molecule has 0 bridgehead atoms. The number of nitrogens with zero attached hydrogens (tertiary/aromatic N) is 2. The van der Waals surface area contributed by atoms with Gasteiger partial charge in [-0.15, -0.1) is 0 Å². The number of rotatable bonds is 5. The van der Waals surface area contributed by atoms with Crippen LogP contribution in [0.5, 0.6) is 11.6 Å². The second kappa shape index (κ2) is 7.92. The van der Waals surface area contributed by atoms with Crippen molar-refractivity contribution in [1.29, 1.82) is 0 Å². The molecule has 0 spiro atoms. The van der Waals surface area contributed by atoms with Crippen LogP contribution in [0.3, 0.4) is 0 Å². The standard InChI is InChI=1S/C19H18ClN5O2/c1-11-8-14(9-12(2)15(11)20)27-19-16(21)17(22-10-23-19)24-25-18(26)13-6-4-3-5-7-13/h3-10H,21H2,1-2H3,(H,25,26)(H,22,23,24). The molecule has 138 valence electrons. The molecule has 0 radical (unpaired) electrons. The molecule has 7 nitrogen and oxygen atoms in total. The maximum atomic E-state index is 12.1. The lowest BCUT2D eigenvalue weighted by atomic mass is 10.1. The molecule has 3 aromatic rings. The number of aromatic nitrogens is 2. The molecule has 0 saturated heterocycles. The highest BCUT2D eigenvalue weighted by molar-refractivity contribution is 6.32. The molecule has 0 aliphatic rings. The predicted octanol–water partition coefficient (Wildman–Crippen LogP) is 3.88. The first-order valence-corrected chi connectivity index (χ1v) is 8.50. The Morgan fingerprint density at radius 3 is 2.44 bits per heavy atom. The van der Waals surface area contributed by atoms with E-state index in [0.29, 0.717) is 16.3 Å². The van der Waals surface area contributed by atoms with Gasteiger partial charge in [0.05, 0.1) is 0 Å². The summed E-state index contributed by atoms with van der Waals surface area (Å²) >= 11 is 6.17. The van der Waals surface area contributed by atoms with Gasteiger partial charge < -0.3 is 10.5 Å². The number of halogens is 1. The molecule has 1 amide bonds. The minimum absolute atomic E-state index is 0.163. The van der Waals surface area contributed by atoms with Crippen molar-refractivity contribution in [2.24, 2.45) is 0 Å². The molecule has 0 aliphatic heterocycles. The van der Waals surface area contributed by atoms with E-state index in [1.807, 2.05) is 19.9 Å². The van der Waals surface area contributed by atoms with Crippen LogP contribution >= 0.6 is 11.6 Å². The fourth-order valence-corrected chi connectivity index (χ4v) is 2.52. The van der Waals surface area contributed by atoms with Gasteiger partial charge in [0.15, 0.2) is 5.82 Å². The molecule has 3 rings (SSSR count). The van der Waals surface area contributed by atoms with Gasteiger partial charge in [0, 0.05) is 10.6 Å². The Morgan fingerprint density at radius 1 is 1.11 bits per heavy atom. The molecule has 0 atom stereocenters. The van der Waals surface area contributed by atoms with E-state index >= 15 is 0 Å². The molecule has 8 heteroatoms. The number of carbonyl (C=O) groups excluding carboxylic acids is 1. The number of aryl methyl sites for hydroxylation is 2. The third-order valence-corrected chi connectivity index (χ3v) is 4.40. The van der Waals surface area contributed by atoms with Crippen LogP contribution in [0.15, 0.2) is 48.8 Å². The number of hydrazine groups is 1. The van der Waals surface area contributed by atoms with Gasteiger partial charge in [-0.05, 0) is 49.2 Å². The largest absolute Gasteiger partial charge is 0.437 e. The minimum Gasteiger partial charge on any atom is -0.437 e. The highest BCUT2D eigenvalue weighted by Crippen LogP contribution is 2.32. The molecule has 27 heavy (non-hydrogen) atoms. The number of benzene rings is 2. The van der Waals surface area contributed by atoms with Crippen molar-refractivity contribution >= 4 is 29.0 Å². The summed E-state index contributed by atoms with van der Waals surface area (Å²) in [6.45, 7) is 3.77. The van der Waals surface area contributed by atoms with Crippen LogP contribution in [0.1, 0.15) is 21.5 Å². The Morgan fingerprint density at radius 2 is 1.78 bits per heavy atom. The Hall–Kier alpha value is -3.32. The normalized spacial score (nSPS) is 10.3. The average Bonchev–Trinajstić information content (AvgIpc) is 2.67. The summed E-state index contributed by atoms with van der Waals surface area (Å²) in [6.07, 6.45) is 1.29. The lowest BCUT2D eigenvalue weighted by Gasteiger charge is -2.13. The zero-order valence-electron chi connectivity index (χ0n) is 14.8. The van der Waals surface area contributed by atoms with Crippen molar-refractivity contribution in [3.63, 3.8) is 0 Å². The van der Waals surface area contributed by atoms with Crippen molar-refractivity contribution in [2.75, 3.05) is 11.2 Å². The molecule has 4 N–H and O–H groups in total. The highest BCUT2D eigenvalue weighted by atomic mass is 35.5. The van der Waals surface area contributed by atoms with Crippen molar-refractivity contribution in [1.82, 2.24) is 15.4 Å². The van der Waals surface area contributed by atoms with Crippen LogP contribution in [0, 0.1) is 13.8 Å². The predicted molar refractivity (Wildman–Crippen MR) is 105 cm³/mol. The van der Waals surface area contributed by atoms with E-state index in [1.54, 1.807) is 36.4 Å². The molecule has 0 fully saturated rings. The van der Waals surface area contributed by atoms with Crippen LogP contribution in [-0.4, -0.2) is 15.9 Å². The summed E-state index contributed by atoms with van der Waals surface area (Å²) in [7, 11) is 0. The lowest BCUT2D eigenvalue weighted by Crippen LogP contribution is -2.30. The molecule has 1 aromatic heterocycles. The van der Waals surface area contributed by atoms with Gasteiger partial charge in [-0.3, -0.25) is 15.6 Å². The van der Waals surface area contributed by atoms with Crippen molar-refractivity contribution in [3.8, 4) is 11.6 Å². The third kappa shape index (κ3) is 4.27. The summed E-state index contributed by atoms with van der Waals surface area (Å²) in [6, 6.07) is 12.4. The van der Waals surface area contributed by atoms with Crippen molar-refractivity contribution in [3.05, 3.63) is 70.5 Å². The van der Waals surface area contributed by atoms with Gasteiger partial charge in [0.1, 0.15) is 17.8 Å². The van der Waals surface area contributed by atoms with Crippen LogP contribution in [0.25, 0.3) is 0 Å². The van der Waals surface area contributed by atoms with E-state index in [0.717, 1.165) is 11.1 Å². The van der Waals surface area contributed by atoms with E-state index < -0.39 is 0 Å². The van der Waals surface area contributed by atoms with E-state index in [4.69, 9.17) is 22.1 Å². The van der Waals surface area contributed by atoms with Gasteiger partial charge in [-0.2, -0.15) is 4.98 Å². The van der Waals surface area contributed by atoms with E-state index in [2.05, 4.69) is 20.8 Å². The number of carbonyl (C=O) groups is 1. The quantitative estimate of drug-likeness (QED) is 0.578. The summed E-state index contributed by atoms with van der Waals surface area (Å²) in [5.74, 6) is 0.633. The zero-order chi connectivity index (χ0) is 19.4. The smallest absolute Gasteiger partial charge is 0.269 e. The SMILES string of the molecule is Cc1cc(Oc2ncnc(NNC(=O)c3ccccc3)c2N)cc(C)c1Cl. The van der Waals surface area contributed by atoms with E-state index in [1.165, 1.54) is 6.33 Å². The highest BCUT2D eigenvalue weighted by Gasteiger charge is 2.13. The second-order valence-electron chi connectivity index (χ2n) is 5.86. The van der Waals surface area contributed by atoms with Crippen LogP contribution in [0.2, 0.25) is 5.02 Å². The molecule has 2 aromatic carbocycles. The number of ether oxygens (including phenoxy) is 1. The number of amides is 1. The summed E-state index contributed by atoms with van der Waals surface area (Å²) in [5, 5.41) is 0.684. The minimum atomic E-state index is -0.319. The lowest BCUT2D eigenvalue weighted by molar-refractivity contribution is 0.0962. The first-order chi connectivity index (χ1) is 13.0. The number of hydrogen-bond acceptors (Lipinski definition) is 6. The zero-order valence-corrected chi connectivity index (χ0v) is 15.5. The first kappa shape index (κ1) is 18.5. The number of nitrogens with two attached hydrogens (primary N) is 1. The molecule has 0 aliphatic carbocycles. The second-order valence-corrected chi connectivity index (χ2v) is 6.24. The molecule has 0 saturated carbocycles. The molecule has 0 unspecified atom stereocenters. The van der Waals surface area contributed by atoms with Crippen molar-refractivity contribution < 1.29 is 9.53 Å². The maximum absolute atomic E-state index is 12.1. The van der Waals surface area contributed by atoms with E-state index in [-0.39, 0.29) is 23.3 Å². The third-order valence-electron chi connectivity index (χ3n) is 3.80. The molecular formula is C19H18ClN5O2. The average molecular weight is 384 g/mol. The summed E-state index contributed by atoms with van der Waals surface area (Å²) in [5.41, 5.74) is 13.7. The number of nitrogens with one attached hydrogen (secondary N) is 2. The number of nitrogen functional groups attached to an aromatic ring is 1. The fourth-order valence-electron chi connectivity index (χ4n) is 2.41. The Balaban J connectivity index is 1.75. The maximum Gasteiger partial charge on any atom is 0.269 e. The van der Waals surface area contributed by atoms with Gasteiger partial charge in [0.2, 0.25) is 5.88 Å². The summed E-state index contributed by atoms with van der Waals surface area (Å²) in [4.78, 5) is 20.2. The van der Waals surface area contributed by atoms with Crippen LogP contribution in [-0.2, 0) is 0 Å². The van der Waals surface area contributed by atoms with Gasteiger partial charge in [-0.1, -0.05) is 29.8 Å². The van der Waals surface area contributed by atoms with Crippen molar-refractivity contribution in [2.45, 2.75) is 13.8 Å². The topological polar surface area (TPSA) is 102 Å². The molecular weight excluding hydrogens is 366 g/mol. The molecule has 1 heterocycles. The monoisotopic (exact) mass is 383 g/mol. The first-order valence-electron chi connectivity index (χ1n) is 8.12. The van der Waals surface area contributed by atoms with Crippen LogP contribution in [0.4, 0.5) is 11.5 Å². The Labute approximate surface area is 161 Å². The van der Waals surface area contributed by atoms with E-state index in [9.17, 15) is 4.79 Å². The van der Waals surface area contributed by atoms with Gasteiger partial charge in [-0.25, -0.2) is 4.98 Å². The number of anilines is 2. The Bertz CT molecular complexity index is 956. The number of hydrogen-bond donors (Lipinski definition) is 3. The van der Waals surface area contributed by atoms with Gasteiger partial charge >= 0.3 is 0 Å². The summed E-state index contributed by atoms with van der Waals surface area (Å²) < 4.78 is 5.77. The van der Waals surface area contributed by atoms with Crippen LogP contribution < -0.4 is 21.3 Å².